The first-order chi connectivity index (χ1) is 10.4. The predicted octanol–water partition coefficient (Wildman–Crippen LogP) is 3.14. The number of methoxy groups -OCH3 is 1. The molecule has 2 heterocycles. The highest BCUT2D eigenvalue weighted by Crippen LogP contribution is 2.44. The van der Waals surface area contributed by atoms with Gasteiger partial charge in [-0.2, -0.15) is 0 Å². The van der Waals surface area contributed by atoms with Gasteiger partial charge in [0.2, 0.25) is 0 Å². The lowest BCUT2D eigenvalue weighted by Crippen LogP contribution is -2.61. The molecule has 3 unspecified atom stereocenters. The number of nitrogens with zero attached hydrogens (tertiary/aromatic N) is 1. The number of fused-ring (bicyclic) bond motifs is 1. The van der Waals surface area contributed by atoms with Crippen molar-refractivity contribution in [2.24, 2.45) is 0 Å². The van der Waals surface area contributed by atoms with Crippen LogP contribution in [0.25, 0.3) is 0 Å². The Morgan fingerprint density at radius 2 is 2.09 bits per heavy atom. The summed E-state index contributed by atoms with van der Waals surface area (Å²) in [4.78, 5) is 2.43. The van der Waals surface area contributed by atoms with Crippen LogP contribution in [-0.4, -0.2) is 41.3 Å². The topological polar surface area (TPSA) is 41.9 Å². The monoisotopic (exact) mass is 305 g/mol. The van der Waals surface area contributed by atoms with Crippen LogP contribution in [0.1, 0.15) is 51.7 Å². The van der Waals surface area contributed by atoms with E-state index < -0.39 is 11.7 Å². The van der Waals surface area contributed by atoms with Crippen molar-refractivity contribution in [1.29, 1.82) is 0 Å². The van der Waals surface area contributed by atoms with Gasteiger partial charge in [-0.15, -0.1) is 0 Å². The zero-order valence-electron chi connectivity index (χ0n) is 14.0. The molecule has 0 aromatic heterocycles. The summed E-state index contributed by atoms with van der Waals surface area (Å²) in [5.74, 6) is 1.52. The Morgan fingerprint density at radius 1 is 1.32 bits per heavy atom. The number of likely N-dealkylation sites (tertiary alicyclic amines) is 1. The van der Waals surface area contributed by atoms with Gasteiger partial charge < -0.3 is 14.6 Å². The number of aliphatic hydroxyl groups excluding tert-OH is 1. The molecule has 2 aliphatic rings. The largest absolute Gasteiger partial charge is 0.497 e. The minimum atomic E-state index is -0.561. The van der Waals surface area contributed by atoms with E-state index >= 15 is 0 Å². The van der Waals surface area contributed by atoms with E-state index in [1.165, 1.54) is 19.3 Å². The molecule has 0 saturated carbocycles. The highest BCUT2D eigenvalue weighted by Gasteiger charge is 2.47. The molecule has 3 atom stereocenters. The number of rotatable bonds is 2. The van der Waals surface area contributed by atoms with Crippen LogP contribution in [-0.2, 0) is 0 Å². The average Bonchev–Trinajstić information content (AvgIpc) is 2.48. The van der Waals surface area contributed by atoms with E-state index in [-0.39, 0.29) is 6.04 Å². The summed E-state index contributed by atoms with van der Waals surface area (Å²) in [6.07, 6.45) is 3.08. The highest BCUT2D eigenvalue weighted by atomic mass is 16.5. The van der Waals surface area contributed by atoms with Gasteiger partial charge in [0, 0.05) is 11.6 Å². The van der Waals surface area contributed by atoms with Gasteiger partial charge >= 0.3 is 0 Å². The zero-order valence-corrected chi connectivity index (χ0v) is 14.0. The molecular formula is C18H27NO3. The second-order valence-electron chi connectivity index (χ2n) is 7.08. The number of piperidine rings is 1. The first-order valence-corrected chi connectivity index (χ1v) is 8.25. The van der Waals surface area contributed by atoms with Gasteiger partial charge in [0.25, 0.3) is 0 Å². The molecule has 4 heteroatoms. The Kier molecular flexibility index (Phi) is 4.08. The van der Waals surface area contributed by atoms with Gasteiger partial charge in [-0.05, 0) is 58.4 Å². The normalized spacial score (nSPS) is 31.2. The molecule has 1 fully saturated rings. The van der Waals surface area contributed by atoms with Gasteiger partial charge in [0.15, 0.2) is 0 Å². The molecular weight excluding hydrogens is 278 g/mol. The molecule has 1 saturated heterocycles. The number of hydrogen-bond acceptors (Lipinski definition) is 4. The van der Waals surface area contributed by atoms with Gasteiger partial charge in [0.05, 0.1) is 13.2 Å². The molecule has 122 valence electrons. The minimum absolute atomic E-state index is 0.0394. The molecule has 1 aromatic carbocycles. The summed E-state index contributed by atoms with van der Waals surface area (Å²) >= 11 is 0. The van der Waals surface area contributed by atoms with Crippen molar-refractivity contribution < 1.29 is 14.6 Å². The number of ether oxygens (including phenoxy) is 2. The van der Waals surface area contributed by atoms with Crippen LogP contribution in [0.2, 0.25) is 0 Å². The Hall–Kier alpha value is -1.26. The first-order valence-electron chi connectivity index (χ1n) is 8.25. The van der Waals surface area contributed by atoms with Crippen LogP contribution in [0.15, 0.2) is 18.2 Å². The molecule has 1 aromatic rings. The van der Waals surface area contributed by atoms with Gasteiger partial charge in [-0.3, -0.25) is 4.90 Å². The van der Waals surface area contributed by atoms with E-state index in [9.17, 15) is 5.11 Å². The molecule has 0 radical (unpaired) electrons. The standard InChI is InChI=1S/C18H27NO3/c1-12-7-5-6-10-19(12)17-16(20)14-11-13(21-4)8-9-15(14)22-18(17,2)3/h8-9,11-12,16-17,20H,5-7,10H2,1-4H3. The molecule has 0 aliphatic carbocycles. The third-order valence-electron chi connectivity index (χ3n) is 5.13. The first kappa shape index (κ1) is 15.6. The summed E-state index contributed by atoms with van der Waals surface area (Å²) in [6.45, 7) is 7.43. The average molecular weight is 305 g/mol. The smallest absolute Gasteiger partial charge is 0.126 e. The van der Waals surface area contributed by atoms with E-state index in [1.54, 1.807) is 7.11 Å². The molecule has 0 bridgehead atoms. The fourth-order valence-corrected chi connectivity index (χ4v) is 3.99. The maximum absolute atomic E-state index is 11.1. The van der Waals surface area contributed by atoms with Gasteiger partial charge in [0.1, 0.15) is 23.2 Å². The lowest BCUT2D eigenvalue weighted by molar-refractivity contribution is -0.101. The van der Waals surface area contributed by atoms with Crippen LogP contribution in [0.5, 0.6) is 11.5 Å². The molecule has 1 N–H and O–H groups in total. The lowest BCUT2D eigenvalue weighted by Gasteiger charge is -2.51. The SMILES string of the molecule is COc1ccc2c(c1)C(O)C(N1CCCCC1C)C(C)(C)O2. The Bertz CT molecular complexity index is 543. The van der Waals surface area contributed by atoms with E-state index in [0.29, 0.717) is 6.04 Å². The molecule has 0 amide bonds. The second kappa shape index (κ2) is 5.74. The van der Waals surface area contributed by atoms with Crippen LogP contribution >= 0.6 is 0 Å². The van der Waals surface area contributed by atoms with E-state index in [1.807, 2.05) is 18.2 Å². The van der Waals surface area contributed by atoms with Gasteiger partial charge in [-0.25, -0.2) is 0 Å². The van der Waals surface area contributed by atoms with Crippen molar-refractivity contribution in [3.63, 3.8) is 0 Å². The zero-order chi connectivity index (χ0) is 15.9. The lowest BCUT2D eigenvalue weighted by atomic mass is 9.83. The Labute approximate surface area is 133 Å². The summed E-state index contributed by atoms with van der Waals surface area (Å²) < 4.78 is 11.5. The van der Waals surface area contributed by atoms with Crippen molar-refractivity contribution in [2.45, 2.75) is 63.8 Å². The van der Waals surface area contributed by atoms with Crippen LogP contribution in [0.3, 0.4) is 0 Å². The predicted molar refractivity (Wildman–Crippen MR) is 86.5 cm³/mol. The number of hydrogen-bond donors (Lipinski definition) is 1. The molecule has 0 spiro atoms. The summed E-state index contributed by atoms with van der Waals surface area (Å²) in [5, 5.41) is 11.1. The van der Waals surface area contributed by atoms with Gasteiger partial charge in [-0.1, -0.05) is 6.42 Å². The fraction of sp³-hybridized carbons (Fsp3) is 0.667. The maximum Gasteiger partial charge on any atom is 0.126 e. The summed E-state index contributed by atoms with van der Waals surface area (Å²) in [7, 11) is 1.64. The number of benzene rings is 1. The molecule has 4 nitrogen and oxygen atoms in total. The third-order valence-corrected chi connectivity index (χ3v) is 5.13. The van der Waals surface area contributed by atoms with Crippen molar-refractivity contribution >= 4 is 0 Å². The summed E-state index contributed by atoms with van der Waals surface area (Å²) in [5.41, 5.74) is 0.411. The molecule has 3 rings (SSSR count). The summed E-state index contributed by atoms with van der Waals surface area (Å²) in [6, 6.07) is 6.11. The van der Waals surface area contributed by atoms with Crippen LogP contribution in [0, 0.1) is 0 Å². The van der Waals surface area contributed by atoms with E-state index in [2.05, 4.69) is 25.7 Å². The Morgan fingerprint density at radius 3 is 2.77 bits per heavy atom. The van der Waals surface area contributed by atoms with E-state index in [4.69, 9.17) is 9.47 Å². The van der Waals surface area contributed by atoms with Crippen molar-refractivity contribution in [3.8, 4) is 11.5 Å². The quantitative estimate of drug-likeness (QED) is 0.911. The van der Waals surface area contributed by atoms with Crippen molar-refractivity contribution in [1.82, 2.24) is 4.90 Å². The third kappa shape index (κ3) is 2.59. The second-order valence-corrected chi connectivity index (χ2v) is 7.08. The molecule has 2 aliphatic heterocycles. The highest BCUT2D eigenvalue weighted by molar-refractivity contribution is 5.44. The van der Waals surface area contributed by atoms with Crippen LogP contribution < -0.4 is 9.47 Å². The number of aliphatic hydroxyl groups is 1. The maximum atomic E-state index is 11.1. The minimum Gasteiger partial charge on any atom is -0.497 e. The van der Waals surface area contributed by atoms with Crippen molar-refractivity contribution in [2.75, 3.05) is 13.7 Å². The van der Waals surface area contributed by atoms with Crippen LogP contribution in [0.4, 0.5) is 0 Å². The fourth-order valence-electron chi connectivity index (χ4n) is 3.99. The molecule has 22 heavy (non-hydrogen) atoms. The van der Waals surface area contributed by atoms with E-state index in [0.717, 1.165) is 23.6 Å². The Balaban J connectivity index is 1.99. The van der Waals surface area contributed by atoms with Crippen molar-refractivity contribution in [3.05, 3.63) is 23.8 Å².